The molecule has 0 spiro atoms. The van der Waals surface area contributed by atoms with Crippen molar-refractivity contribution < 1.29 is 9.59 Å². The second-order valence-corrected chi connectivity index (χ2v) is 5.72. The van der Waals surface area contributed by atoms with Crippen LogP contribution < -0.4 is 5.32 Å². The first-order valence-electron chi connectivity index (χ1n) is 7.60. The van der Waals surface area contributed by atoms with Gasteiger partial charge in [0.2, 0.25) is 11.8 Å². The summed E-state index contributed by atoms with van der Waals surface area (Å²) in [5, 5.41) is 3.19. The minimum atomic E-state index is -0.331. The minimum absolute atomic E-state index is 0.0839. The van der Waals surface area contributed by atoms with Crippen LogP contribution >= 0.6 is 0 Å². The zero-order valence-electron chi connectivity index (χ0n) is 12.6. The van der Waals surface area contributed by atoms with E-state index in [9.17, 15) is 9.59 Å². The summed E-state index contributed by atoms with van der Waals surface area (Å²) in [7, 11) is 2.07. The Morgan fingerprint density at radius 3 is 2.60 bits per heavy atom. The molecule has 2 amide bonds. The summed E-state index contributed by atoms with van der Waals surface area (Å²) in [5.41, 5.74) is 0. The van der Waals surface area contributed by atoms with Gasteiger partial charge in [-0.05, 0) is 13.5 Å². The van der Waals surface area contributed by atoms with Gasteiger partial charge in [0, 0.05) is 45.8 Å². The first-order chi connectivity index (χ1) is 9.61. The number of nitrogens with zero attached hydrogens (tertiary/aromatic N) is 3. The van der Waals surface area contributed by atoms with Crippen LogP contribution in [0.15, 0.2) is 0 Å². The molecule has 0 aromatic heterocycles. The van der Waals surface area contributed by atoms with Crippen molar-refractivity contribution in [3.05, 3.63) is 0 Å². The number of carbonyl (C=O) groups is 2. The Morgan fingerprint density at radius 1 is 1.25 bits per heavy atom. The average Bonchev–Trinajstić information content (AvgIpc) is 2.44. The van der Waals surface area contributed by atoms with Crippen LogP contribution in [-0.2, 0) is 9.59 Å². The maximum atomic E-state index is 12.3. The highest BCUT2D eigenvalue weighted by Crippen LogP contribution is 2.09. The molecular weight excluding hydrogens is 256 g/mol. The Hall–Kier alpha value is -1.14. The fraction of sp³-hybridized carbons (Fsp3) is 0.857. The molecule has 6 nitrogen and oxygen atoms in total. The van der Waals surface area contributed by atoms with E-state index >= 15 is 0 Å². The van der Waals surface area contributed by atoms with E-state index in [1.165, 1.54) is 0 Å². The van der Waals surface area contributed by atoms with Gasteiger partial charge in [0.05, 0.1) is 12.5 Å². The molecule has 2 heterocycles. The van der Waals surface area contributed by atoms with Crippen molar-refractivity contribution in [3.63, 3.8) is 0 Å². The Kier molecular flexibility index (Phi) is 5.37. The largest absolute Gasteiger partial charge is 0.340 e. The molecule has 0 aliphatic carbocycles. The lowest BCUT2D eigenvalue weighted by molar-refractivity contribution is -0.141. The van der Waals surface area contributed by atoms with Gasteiger partial charge in [0.15, 0.2) is 0 Å². The van der Waals surface area contributed by atoms with Crippen LogP contribution in [0.4, 0.5) is 0 Å². The van der Waals surface area contributed by atoms with E-state index in [4.69, 9.17) is 0 Å². The van der Waals surface area contributed by atoms with E-state index in [1.54, 1.807) is 0 Å². The second-order valence-electron chi connectivity index (χ2n) is 5.72. The lowest BCUT2D eigenvalue weighted by Gasteiger charge is -2.36. The monoisotopic (exact) mass is 282 g/mol. The molecule has 0 aromatic carbocycles. The maximum absolute atomic E-state index is 12.3. The van der Waals surface area contributed by atoms with Gasteiger partial charge in [-0.25, -0.2) is 0 Å². The van der Waals surface area contributed by atoms with Crippen molar-refractivity contribution in [2.45, 2.75) is 25.8 Å². The number of carbonyl (C=O) groups excluding carboxylic acids is 2. The summed E-state index contributed by atoms with van der Waals surface area (Å²) in [5.74, 6) is 0.183. The zero-order chi connectivity index (χ0) is 14.5. The molecule has 2 aliphatic rings. The summed E-state index contributed by atoms with van der Waals surface area (Å²) in [4.78, 5) is 30.5. The molecular formula is C14H26N4O2. The second kappa shape index (κ2) is 7.04. The molecule has 2 rings (SSSR count). The molecule has 0 saturated carbocycles. The Morgan fingerprint density at radius 2 is 1.95 bits per heavy atom. The fourth-order valence-corrected chi connectivity index (χ4v) is 2.80. The molecule has 20 heavy (non-hydrogen) atoms. The highest BCUT2D eigenvalue weighted by atomic mass is 16.2. The molecule has 114 valence electrons. The van der Waals surface area contributed by atoms with Gasteiger partial charge >= 0.3 is 0 Å². The third-order valence-corrected chi connectivity index (χ3v) is 4.11. The number of rotatable bonds is 4. The molecule has 1 atom stereocenters. The van der Waals surface area contributed by atoms with Crippen LogP contribution in [0.3, 0.4) is 0 Å². The van der Waals surface area contributed by atoms with Crippen molar-refractivity contribution in [2.75, 3.05) is 52.9 Å². The topological polar surface area (TPSA) is 55.9 Å². The lowest BCUT2D eigenvalue weighted by atomic mass is 10.1. The Labute approximate surface area is 121 Å². The summed E-state index contributed by atoms with van der Waals surface area (Å²) >= 11 is 0. The standard InChI is InChI=1S/C14H26N4O2/c1-3-5-18-6-4-15-12(14(18)20)11-13(19)17-9-7-16(2)8-10-17/h12,15H,3-11H2,1-2H3. The van der Waals surface area contributed by atoms with Gasteiger partial charge < -0.3 is 20.0 Å². The minimum Gasteiger partial charge on any atom is -0.340 e. The van der Waals surface area contributed by atoms with Crippen molar-refractivity contribution in [2.24, 2.45) is 0 Å². The smallest absolute Gasteiger partial charge is 0.240 e. The van der Waals surface area contributed by atoms with Crippen molar-refractivity contribution >= 4 is 11.8 Å². The van der Waals surface area contributed by atoms with E-state index in [0.717, 1.165) is 52.2 Å². The third kappa shape index (κ3) is 3.70. The Bertz CT molecular complexity index is 351. The van der Waals surface area contributed by atoms with Gasteiger partial charge in [0.25, 0.3) is 0 Å². The number of likely N-dealkylation sites (N-methyl/N-ethyl adjacent to an activating group) is 1. The predicted molar refractivity (Wildman–Crippen MR) is 77.4 cm³/mol. The van der Waals surface area contributed by atoms with E-state index in [2.05, 4.69) is 24.2 Å². The number of nitrogens with one attached hydrogen (secondary N) is 1. The van der Waals surface area contributed by atoms with Crippen molar-refractivity contribution in [1.82, 2.24) is 20.0 Å². The first kappa shape index (κ1) is 15.3. The van der Waals surface area contributed by atoms with Gasteiger partial charge in [-0.1, -0.05) is 6.92 Å². The van der Waals surface area contributed by atoms with Gasteiger partial charge in [-0.2, -0.15) is 0 Å². The summed E-state index contributed by atoms with van der Waals surface area (Å²) in [6.45, 7) is 7.78. The highest BCUT2D eigenvalue weighted by molar-refractivity contribution is 5.89. The van der Waals surface area contributed by atoms with Gasteiger partial charge in [0.1, 0.15) is 0 Å². The van der Waals surface area contributed by atoms with Gasteiger partial charge in [-0.15, -0.1) is 0 Å². The molecule has 1 N–H and O–H groups in total. The maximum Gasteiger partial charge on any atom is 0.240 e. The van der Waals surface area contributed by atoms with Gasteiger partial charge in [-0.3, -0.25) is 9.59 Å². The number of hydrogen-bond donors (Lipinski definition) is 1. The summed E-state index contributed by atoms with van der Waals surface area (Å²) < 4.78 is 0. The van der Waals surface area contributed by atoms with E-state index in [0.29, 0.717) is 6.42 Å². The predicted octanol–water partition coefficient (Wildman–Crippen LogP) is -0.639. The van der Waals surface area contributed by atoms with Crippen LogP contribution in [0.5, 0.6) is 0 Å². The number of hydrogen-bond acceptors (Lipinski definition) is 4. The zero-order valence-corrected chi connectivity index (χ0v) is 12.6. The van der Waals surface area contributed by atoms with Crippen LogP contribution in [0.2, 0.25) is 0 Å². The molecule has 0 bridgehead atoms. The first-order valence-corrected chi connectivity index (χ1v) is 7.60. The molecule has 1 unspecified atom stereocenters. The van der Waals surface area contributed by atoms with E-state index in [-0.39, 0.29) is 17.9 Å². The number of amides is 2. The lowest BCUT2D eigenvalue weighted by Crippen LogP contribution is -2.57. The van der Waals surface area contributed by atoms with Crippen LogP contribution in [0.1, 0.15) is 19.8 Å². The van der Waals surface area contributed by atoms with Crippen LogP contribution in [-0.4, -0.2) is 85.4 Å². The molecule has 6 heteroatoms. The molecule has 0 aromatic rings. The molecule has 2 saturated heterocycles. The average molecular weight is 282 g/mol. The summed E-state index contributed by atoms with van der Waals surface area (Å²) in [6, 6.07) is -0.331. The SMILES string of the molecule is CCCN1CCNC(CC(=O)N2CCN(C)CC2)C1=O. The normalized spacial score (nSPS) is 25.1. The summed E-state index contributed by atoms with van der Waals surface area (Å²) in [6.07, 6.45) is 1.26. The highest BCUT2D eigenvalue weighted by Gasteiger charge is 2.31. The Balaban J connectivity index is 1.85. The third-order valence-electron chi connectivity index (χ3n) is 4.11. The fourth-order valence-electron chi connectivity index (χ4n) is 2.80. The molecule has 2 aliphatic heterocycles. The quantitative estimate of drug-likeness (QED) is 0.745. The molecule has 0 radical (unpaired) electrons. The van der Waals surface area contributed by atoms with Crippen LogP contribution in [0.25, 0.3) is 0 Å². The molecule has 2 fully saturated rings. The van der Waals surface area contributed by atoms with Crippen molar-refractivity contribution in [1.29, 1.82) is 0 Å². The van der Waals surface area contributed by atoms with Crippen molar-refractivity contribution in [3.8, 4) is 0 Å². The van der Waals surface area contributed by atoms with E-state index in [1.807, 2.05) is 9.80 Å². The van der Waals surface area contributed by atoms with Crippen LogP contribution in [0, 0.1) is 0 Å². The number of piperazine rings is 2. The van der Waals surface area contributed by atoms with E-state index < -0.39 is 0 Å².